The van der Waals surface area contributed by atoms with Crippen molar-refractivity contribution in [3.8, 4) is 0 Å². The molecule has 0 saturated carbocycles. The first-order valence-corrected chi connectivity index (χ1v) is 3.24. The lowest BCUT2D eigenvalue weighted by atomic mass is 10.1. The summed E-state index contributed by atoms with van der Waals surface area (Å²) in [5, 5.41) is 7.70. The van der Waals surface area contributed by atoms with Gasteiger partial charge in [-0.15, -0.1) is 0 Å². The molecule has 0 saturated heterocycles. The average molecular weight is 137 g/mol. The van der Waals surface area contributed by atoms with Crippen LogP contribution in [0.1, 0.15) is 20.8 Å². The fourth-order valence-electron chi connectivity index (χ4n) is 0.580. The zero-order chi connectivity index (χ0) is 7.61. The molecule has 0 unspecified atom stereocenters. The van der Waals surface area contributed by atoms with Gasteiger partial charge in [-0.05, 0) is 20.8 Å². The molecule has 1 aliphatic heterocycles. The molecule has 0 aromatic carbocycles. The number of hydrogen-bond donors (Lipinski definition) is 0. The van der Waals surface area contributed by atoms with E-state index >= 15 is 0 Å². The van der Waals surface area contributed by atoms with Crippen LogP contribution in [0.5, 0.6) is 0 Å². The van der Waals surface area contributed by atoms with E-state index in [1.165, 1.54) is 0 Å². The summed E-state index contributed by atoms with van der Waals surface area (Å²) in [7, 11) is 0. The van der Waals surface area contributed by atoms with Gasteiger partial charge >= 0.3 is 0 Å². The van der Waals surface area contributed by atoms with Gasteiger partial charge in [-0.2, -0.15) is 10.2 Å². The minimum absolute atomic E-state index is 0.193. The third kappa shape index (κ3) is 1.76. The van der Waals surface area contributed by atoms with Crippen molar-refractivity contribution < 1.29 is 0 Å². The zero-order valence-electron chi connectivity index (χ0n) is 6.50. The van der Waals surface area contributed by atoms with Crippen LogP contribution in [0.3, 0.4) is 0 Å². The molecule has 0 aromatic heterocycles. The second-order valence-corrected chi connectivity index (χ2v) is 2.90. The van der Waals surface area contributed by atoms with Crippen LogP contribution >= 0.6 is 0 Å². The van der Waals surface area contributed by atoms with E-state index < -0.39 is 0 Å². The molecule has 0 fully saturated rings. The Morgan fingerprint density at radius 1 is 1.40 bits per heavy atom. The van der Waals surface area contributed by atoms with Crippen LogP contribution in [-0.2, 0) is 0 Å². The monoisotopic (exact) mass is 137 g/mol. The van der Waals surface area contributed by atoms with Crippen LogP contribution in [0.25, 0.3) is 0 Å². The second kappa shape index (κ2) is 2.33. The number of rotatable bonds is 0. The summed E-state index contributed by atoms with van der Waals surface area (Å²) in [5.74, 6) is 0. The molecule has 0 radical (unpaired) electrons. The van der Waals surface area contributed by atoms with E-state index in [-0.39, 0.29) is 5.54 Å². The molecule has 10 heavy (non-hydrogen) atoms. The molecule has 0 N–H and O–H groups in total. The maximum atomic E-state index is 4.23. The molecule has 0 atom stereocenters. The summed E-state index contributed by atoms with van der Waals surface area (Å²) in [4.78, 5) is 4.23. The van der Waals surface area contributed by atoms with Gasteiger partial charge in [0.15, 0.2) is 0 Å². The van der Waals surface area contributed by atoms with E-state index in [2.05, 4.69) is 15.2 Å². The molecule has 54 valence electrons. The summed E-state index contributed by atoms with van der Waals surface area (Å²) < 4.78 is 0. The first-order chi connectivity index (χ1) is 4.60. The maximum absolute atomic E-state index is 4.23. The summed E-state index contributed by atoms with van der Waals surface area (Å²) >= 11 is 0. The highest BCUT2D eigenvalue weighted by atomic mass is 15.2. The lowest BCUT2D eigenvalue weighted by Gasteiger charge is -2.09. The van der Waals surface area contributed by atoms with Gasteiger partial charge in [-0.1, -0.05) is 0 Å². The van der Waals surface area contributed by atoms with Crippen molar-refractivity contribution in [1.29, 1.82) is 0 Å². The average Bonchev–Trinajstić information content (AvgIpc) is 1.94. The summed E-state index contributed by atoms with van der Waals surface area (Å²) in [6.07, 6.45) is 3.48. The Hall–Kier alpha value is -0.990. The third-order valence-corrected chi connectivity index (χ3v) is 1.17. The Labute approximate surface area is 60.6 Å². The van der Waals surface area contributed by atoms with Gasteiger partial charge in [0.05, 0.1) is 17.5 Å². The highest BCUT2D eigenvalue weighted by Crippen LogP contribution is 2.06. The smallest absolute Gasteiger partial charge is 0.0920 e. The highest BCUT2D eigenvalue weighted by Gasteiger charge is 2.12. The van der Waals surface area contributed by atoms with Gasteiger partial charge < -0.3 is 0 Å². The van der Waals surface area contributed by atoms with Gasteiger partial charge in [0.2, 0.25) is 0 Å². The van der Waals surface area contributed by atoms with Crippen LogP contribution in [0, 0.1) is 0 Å². The van der Waals surface area contributed by atoms with Gasteiger partial charge in [0.25, 0.3) is 0 Å². The van der Waals surface area contributed by atoms with Crippen LogP contribution in [-0.4, -0.2) is 23.7 Å². The predicted molar refractivity (Wildman–Crippen MR) is 44.2 cm³/mol. The van der Waals surface area contributed by atoms with Crippen LogP contribution in [0.15, 0.2) is 15.2 Å². The SMILES string of the molecule is CC1=NN=CC(C)(C)N=C1. The largest absolute Gasteiger partial charge is 0.279 e. The van der Waals surface area contributed by atoms with E-state index in [0.29, 0.717) is 0 Å². The second-order valence-electron chi connectivity index (χ2n) is 2.90. The summed E-state index contributed by atoms with van der Waals surface area (Å²) in [5.41, 5.74) is 0.656. The standard InChI is InChI=1S/C7H11N3/c1-6-4-8-7(2,3)5-9-10-6/h4-5H,1-3H3. The minimum Gasteiger partial charge on any atom is -0.279 e. The molecule has 0 spiro atoms. The molecule has 1 aliphatic rings. The van der Waals surface area contributed by atoms with E-state index in [1.54, 1.807) is 12.4 Å². The van der Waals surface area contributed by atoms with Crippen molar-refractivity contribution in [1.82, 2.24) is 0 Å². The molecule has 0 bridgehead atoms. The van der Waals surface area contributed by atoms with E-state index in [4.69, 9.17) is 0 Å². The fourth-order valence-corrected chi connectivity index (χ4v) is 0.580. The number of aliphatic imine (C=N–C) groups is 1. The maximum Gasteiger partial charge on any atom is 0.0920 e. The van der Waals surface area contributed by atoms with Gasteiger partial charge in [0, 0.05) is 6.21 Å². The van der Waals surface area contributed by atoms with Crippen molar-refractivity contribution in [3.63, 3.8) is 0 Å². The van der Waals surface area contributed by atoms with Crippen molar-refractivity contribution in [2.75, 3.05) is 0 Å². The first kappa shape index (κ1) is 7.12. The number of hydrogen-bond acceptors (Lipinski definition) is 3. The van der Waals surface area contributed by atoms with Crippen molar-refractivity contribution in [2.45, 2.75) is 26.3 Å². The van der Waals surface area contributed by atoms with Gasteiger partial charge in [-0.3, -0.25) is 4.99 Å². The van der Waals surface area contributed by atoms with E-state index in [9.17, 15) is 0 Å². The highest BCUT2D eigenvalue weighted by molar-refractivity contribution is 6.30. The third-order valence-electron chi connectivity index (χ3n) is 1.17. The van der Waals surface area contributed by atoms with Crippen LogP contribution in [0.4, 0.5) is 0 Å². The van der Waals surface area contributed by atoms with Crippen molar-refractivity contribution in [2.24, 2.45) is 15.2 Å². The molecule has 1 heterocycles. The molecule has 0 aliphatic carbocycles. The topological polar surface area (TPSA) is 37.1 Å². The van der Waals surface area contributed by atoms with Crippen LogP contribution < -0.4 is 0 Å². The predicted octanol–water partition coefficient (Wildman–Crippen LogP) is 1.30. The van der Waals surface area contributed by atoms with Gasteiger partial charge in [-0.25, -0.2) is 0 Å². The molecule has 3 nitrogen and oxygen atoms in total. The zero-order valence-corrected chi connectivity index (χ0v) is 6.50. The Balaban J connectivity index is 2.88. The van der Waals surface area contributed by atoms with Gasteiger partial charge in [0.1, 0.15) is 0 Å². The molecule has 0 amide bonds. The molecular formula is C7H11N3. The molecule has 3 heteroatoms. The van der Waals surface area contributed by atoms with Crippen molar-refractivity contribution in [3.05, 3.63) is 0 Å². The van der Waals surface area contributed by atoms with Crippen molar-refractivity contribution >= 4 is 18.1 Å². The lowest BCUT2D eigenvalue weighted by molar-refractivity contribution is 0.721. The van der Waals surface area contributed by atoms with Crippen LogP contribution in [0.2, 0.25) is 0 Å². The van der Waals surface area contributed by atoms with E-state index in [1.807, 2.05) is 20.8 Å². The molecule has 0 aromatic rings. The quantitative estimate of drug-likeness (QED) is 0.482. The van der Waals surface area contributed by atoms with E-state index in [0.717, 1.165) is 5.71 Å². The Morgan fingerprint density at radius 3 is 2.80 bits per heavy atom. The molecule has 1 rings (SSSR count). The summed E-state index contributed by atoms with van der Waals surface area (Å²) in [6, 6.07) is 0. The normalized spacial score (nSPS) is 22.1. The Bertz CT molecular complexity index is 211. The fraction of sp³-hybridized carbons (Fsp3) is 0.571. The summed E-state index contributed by atoms with van der Waals surface area (Å²) in [6.45, 7) is 5.85. The Morgan fingerprint density at radius 2 is 2.10 bits per heavy atom. The first-order valence-electron chi connectivity index (χ1n) is 3.24. The molecular weight excluding hydrogens is 126 g/mol. The Kier molecular flexibility index (Phi) is 1.66. The number of nitrogens with zero attached hydrogens (tertiary/aromatic N) is 3. The minimum atomic E-state index is -0.193. The lowest BCUT2D eigenvalue weighted by Crippen LogP contribution is -2.17.